The van der Waals surface area contributed by atoms with E-state index in [9.17, 15) is 17.6 Å². The largest absolute Gasteiger partial charge is 0.396 e. The first-order valence-electron chi connectivity index (χ1n) is 6.59. The summed E-state index contributed by atoms with van der Waals surface area (Å²) in [4.78, 5) is 13.4. The van der Waals surface area contributed by atoms with Crippen LogP contribution >= 0.6 is 0 Å². The van der Waals surface area contributed by atoms with Gasteiger partial charge in [0, 0.05) is 13.1 Å². The minimum absolute atomic E-state index is 0.180. The Bertz CT molecular complexity index is 615. The number of halogens is 1. The Morgan fingerprint density at radius 2 is 1.95 bits per heavy atom. The van der Waals surface area contributed by atoms with Gasteiger partial charge in [0.05, 0.1) is 16.6 Å². The van der Waals surface area contributed by atoms with E-state index < -0.39 is 21.9 Å². The molecule has 1 rings (SSSR count). The number of hydrogen-bond acceptors (Lipinski definition) is 4. The molecule has 0 aromatic heterocycles. The van der Waals surface area contributed by atoms with E-state index in [0.717, 1.165) is 18.2 Å². The molecular weight excluding hydrogens is 297 g/mol. The summed E-state index contributed by atoms with van der Waals surface area (Å²) in [6.45, 7) is 6.06. The van der Waals surface area contributed by atoms with Gasteiger partial charge in [-0.1, -0.05) is 0 Å². The van der Waals surface area contributed by atoms with Gasteiger partial charge in [0.15, 0.2) is 0 Å². The van der Waals surface area contributed by atoms with Crippen molar-refractivity contribution in [2.45, 2.75) is 31.7 Å². The van der Waals surface area contributed by atoms with Crippen molar-refractivity contribution in [2.75, 3.05) is 18.8 Å². The maximum Gasteiger partial charge on any atom is 0.241 e. The number of anilines is 1. The third kappa shape index (κ3) is 4.15. The molecule has 0 spiro atoms. The molecule has 1 amide bonds. The van der Waals surface area contributed by atoms with Crippen LogP contribution in [0.25, 0.3) is 0 Å². The van der Waals surface area contributed by atoms with Gasteiger partial charge >= 0.3 is 0 Å². The fraction of sp³-hybridized carbons (Fsp3) is 0.462. The van der Waals surface area contributed by atoms with Gasteiger partial charge in [-0.15, -0.1) is 0 Å². The molecule has 0 aliphatic heterocycles. The van der Waals surface area contributed by atoms with Crippen molar-refractivity contribution in [3.05, 3.63) is 24.0 Å². The fourth-order valence-electron chi connectivity index (χ4n) is 1.85. The first-order chi connectivity index (χ1) is 9.72. The van der Waals surface area contributed by atoms with Crippen LogP contribution in [0.3, 0.4) is 0 Å². The number of nitrogens with two attached hydrogens (primary N) is 1. The van der Waals surface area contributed by atoms with Gasteiger partial charge in [-0.05, 0) is 39.0 Å². The molecule has 3 N–H and O–H groups in total. The molecule has 1 unspecified atom stereocenters. The second-order valence-corrected chi connectivity index (χ2v) is 6.25. The monoisotopic (exact) mass is 317 g/mol. The molecule has 21 heavy (non-hydrogen) atoms. The van der Waals surface area contributed by atoms with E-state index in [2.05, 4.69) is 4.72 Å². The molecule has 0 fully saturated rings. The van der Waals surface area contributed by atoms with Crippen LogP contribution in [0.5, 0.6) is 0 Å². The zero-order valence-corrected chi connectivity index (χ0v) is 13.1. The predicted molar refractivity (Wildman–Crippen MR) is 78.5 cm³/mol. The molecular formula is C13H20FN3O3S. The minimum atomic E-state index is -3.94. The number of rotatable bonds is 6. The van der Waals surface area contributed by atoms with Crippen molar-refractivity contribution in [1.29, 1.82) is 0 Å². The van der Waals surface area contributed by atoms with E-state index in [1.165, 1.54) is 11.8 Å². The van der Waals surface area contributed by atoms with Crippen molar-refractivity contribution in [1.82, 2.24) is 9.62 Å². The van der Waals surface area contributed by atoms with Gasteiger partial charge in [-0.3, -0.25) is 4.79 Å². The number of carbonyl (C=O) groups is 1. The molecule has 0 radical (unpaired) electrons. The summed E-state index contributed by atoms with van der Waals surface area (Å²) in [6.07, 6.45) is 0. The van der Waals surface area contributed by atoms with Crippen LogP contribution in [-0.4, -0.2) is 38.4 Å². The van der Waals surface area contributed by atoms with Crippen LogP contribution in [0.15, 0.2) is 23.1 Å². The Morgan fingerprint density at radius 1 is 1.38 bits per heavy atom. The predicted octanol–water partition coefficient (Wildman–Crippen LogP) is 0.943. The molecule has 1 atom stereocenters. The highest BCUT2D eigenvalue weighted by Crippen LogP contribution is 2.17. The summed E-state index contributed by atoms with van der Waals surface area (Å²) in [5.74, 6) is -1.01. The summed E-state index contributed by atoms with van der Waals surface area (Å²) in [5, 5.41) is 0. The van der Waals surface area contributed by atoms with Gasteiger partial charge in [-0.2, -0.15) is 4.72 Å². The quantitative estimate of drug-likeness (QED) is 0.764. The maximum atomic E-state index is 13.1. The highest BCUT2D eigenvalue weighted by Gasteiger charge is 2.25. The molecule has 0 saturated heterocycles. The first-order valence-corrected chi connectivity index (χ1v) is 8.07. The van der Waals surface area contributed by atoms with Gasteiger partial charge in [-0.25, -0.2) is 12.8 Å². The number of carbonyl (C=O) groups excluding carboxylic acids is 1. The SMILES string of the molecule is CCN(CC)C(=O)C(C)NS(=O)(=O)c1ccc(F)c(N)c1. The standard InChI is InChI=1S/C13H20FN3O3S/c1-4-17(5-2)13(18)9(3)16-21(19,20)10-6-7-11(14)12(15)8-10/h6-9,16H,4-5,15H2,1-3H3. The number of nitrogen functional groups attached to an aromatic ring is 1. The normalized spacial score (nSPS) is 13.0. The summed E-state index contributed by atoms with van der Waals surface area (Å²) in [5.41, 5.74) is 5.09. The Labute approximate surface area is 124 Å². The molecule has 8 heteroatoms. The molecule has 1 aromatic carbocycles. The van der Waals surface area contributed by atoms with Crippen LogP contribution in [0.4, 0.5) is 10.1 Å². The Kier molecular flexibility index (Phi) is 5.68. The van der Waals surface area contributed by atoms with E-state index in [4.69, 9.17) is 5.73 Å². The zero-order chi connectivity index (χ0) is 16.2. The molecule has 0 bridgehead atoms. The number of benzene rings is 1. The third-order valence-corrected chi connectivity index (χ3v) is 4.59. The summed E-state index contributed by atoms with van der Waals surface area (Å²) in [6, 6.07) is 2.18. The second kappa shape index (κ2) is 6.86. The molecule has 0 heterocycles. The Hall–Kier alpha value is -1.67. The smallest absolute Gasteiger partial charge is 0.241 e. The van der Waals surface area contributed by atoms with Crippen LogP contribution < -0.4 is 10.5 Å². The highest BCUT2D eigenvalue weighted by atomic mass is 32.2. The number of nitrogens with zero attached hydrogens (tertiary/aromatic N) is 1. The first kappa shape index (κ1) is 17.4. The minimum Gasteiger partial charge on any atom is -0.396 e. The second-order valence-electron chi connectivity index (χ2n) is 4.54. The lowest BCUT2D eigenvalue weighted by Crippen LogP contribution is -2.46. The third-order valence-electron chi connectivity index (χ3n) is 3.06. The van der Waals surface area contributed by atoms with E-state index >= 15 is 0 Å². The summed E-state index contributed by atoms with van der Waals surface area (Å²) >= 11 is 0. The van der Waals surface area contributed by atoms with Crippen molar-refractivity contribution in [3.63, 3.8) is 0 Å². The molecule has 0 aliphatic rings. The van der Waals surface area contributed by atoms with Crippen molar-refractivity contribution in [3.8, 4) is 0 Å². The van der Waals surface area contributed by atoms with Crippen LogP contribution in [-0.2, 0) is 14.8 Å². The molecule has 118 valence electrons. The lowest BCUT2D eigenvalue weighted by Gasteiger charge is -2.23. The van der Waals surface area contributed by atoms with Crippen LogP contribution in [0.1, 0.15) is 20.8 Å². The van der Waals surface area contributed by atoms with Crippen molar-refractivity contribution in [2.24, 2.45) is 0 Å². The molecule has 6 nitrogen and oxygen atoms in total. The lowest BCUT2D eigenvalue weighted by atomic mass is 10.3. The lowest BCUT2D eigenvalue weighted by molar-refractivity contribution is -0.132. The zero-order valence-electron chi connectivity index (χ0n) is 12.3. The molecule has 0 saturated carbocycles. The average molecular weight is 317 g/mol. The van der Waals surface area contributed by atoms with Crippen LogP contribution in [0.2, 0.25) is 0 Å². The van der Waals surface area contributed by atoms with Crippen LogP contribution in [0, 0.1) is 5.82 Å². The van der Waals surface area contributed by atoms with E-state index in [1.807, 2.05) is 13.8 Å². The number of hydrogen-bond donors (Lipinski definition) is 2. The summed E-state index contributed by atoms with van der Waals surface area (Å²) < 4.78 is 39.6. The van der Waals surface area contributed by atoms with E-state index in [1.54, 1.807) is 0 Å². The number of likely N-dealkylation sites (N-methyl/N-ethyl adjacent to an activating group) is 1. The van der Waals surface area contributed by atoms with Gasteiger partial charge in [0.2, 0.25) is 15.9 Å². The average Bonchev–Trinajstić information content (AvgIpc) is 2.42. The van der Waals surface area contributed by atoms with Gasteiger partial charge in [0.1, 0.15) is 5.82 Å². The number of sulfonamides is 1. The fourth-order valence-corrected chi connectivity index (χ4v) is 3.08. The maximum absolute atomic E-state index is 13.1. The topological polar surface area (TPSA) is 92.5 Å². The summed E-state index contributed by atoms with van der Waals surface area (Å²) in [7, 11) is -3.94. The Balaban J connectivity index is 2.94. The molecule has 1 aromatic rings. The van der Waals surface area contributed by atoms with E-state index in [0.29, 0.717) is 13.1 Å². The van der Waals surface area contributed by atoms with E-state index in [-0.39, 0.29) is 16.5 Å². The number of nitrogens with one attached hydrogen (secondary N) is 1. The Morgan fingerprint density at radius 3 is 2.43 bits per heavy atom. The van der Waals surface area contributed by atoms with Gasteiger partial charge in [0.25, 0.3) is 0 Å². The number of amides is 1. The molecule has 0 aliphatic carbocycles. The van der Waals surface area contributed by atoms with Crippen molar-refractivity contribution < 1.29 is 17.6 Å². The highest BCUT2D eigenvalue weighted by molar-refractivity contribution is 7.89. The van der Waals surface area contributed by atoms with Crippen molar-refractivity contribution >= 4 is 21.6 Å². The van der Waals surface area contributed by atoms with Gasteiger partial charge < -0.3 is 10.6 Å².